The van der Waals surface area contributed by atoms with Crippen LogP contribution in [0.25, 0.3) is 0 Å². The number of anilines is 1. The normalized spacial score (nSPS) is 19.6. The third-order valence-electron chi connectivity index (χ3n) is 4.25. The highest BCUT2D eigenvalue weighted by molar-refractivity contribution is 6.33. The summed E-state index contributed by atoms with van der Waals surface area (Å²) >= 11 is 6.00. The molecule has 0 radical (unpaired) electrons. The van der Waals surface area contributed by atoms with Gasteiger partial charge in [0.1, 0.15) is 5.75 Å². The Morgan fingerprint density at radius 3 is 2.52 bits per heavy atom. The number of nitrogens with two attached hydrogens (primary N) is 1. The average Bonchev–Trinajstić information content (AvgIpc) is 2.55. The molecule has 6 nitrogen and oxygen atoms in total. The molecule has 9 heteroatoms. The average molecular weight is 443 g/mol. The van der Waals surface area contributed by atoms with E-state index in [1.54, 1.807) is 12.1 Å². The van der Waals surface area contributed by atoms with E-state index in [2.05, 4.69) is 24.1 Å². The number of carbonyl (C=O) groups excluding carboxylic acids is 1. The van der Waals surface area contributed by atoms with Gasteiger partial charge in [-0.05, 0) is 39.3 Å². The summed E-state index contributed by atoms with van der Waals surface area (Å²) in [6.45, 7) is 7.78. The second-order valence-electron chi connectivity index (χ2n) is 6.55. The molecule has 27 heavy (non-hydrogen) atoms. The topological polar surface area (TPSA) is 76.8 Å². The first-order chi connectivity index (χ1) is 11.9. The molecule has 1 saturated heterocycles. The summed E-state index contributed by atoms with van der Waals surface area (Å²) < 4.78 is 10.9. The molecule has 0 aliphatic carbocycles. The molecule has 1 heterocycles. The molecule has 1 aliphatic heterocycles. The number of hydrogen-bond donors (Lipinski definition) is 2. The van der Waals surface area contributed by atoms with Crippen LogP contribution in [-0.4, -0.2) is 56.3 Å². The maximum atomic E-state index is 12.3. The molecule has 1 aromatic rings. The summed E-state index contributed by atoms with van der Waals surface area (Å²) in [5, 5.41) is 3.26. The summed E-state index contributed by atoms with van der Waals surface area (Å²) in [6.07, 6.45) is 2.51. The lowest BCUT2D eigenvalue weighted by Gasteiger charge is -2.35. The summed E-state index contributed by atoms with van der Waals surface area (Å²) in [7, 11) is 1.50. The number of benzene rings is 1. The Labute approximate surface area is 178 Å². The van der Waals surface area contributed by atoms with Gasteiger partial charge in [-0.15, -0.1) is 24.8 Å². The van der Waals surface area contributed by atoms with E-state index in [0.717, 1.165) is 32.5 Å². The smallest absolute Gasteiger partial charge is 0.255 e. The number of halogens is 3. The van der Waals surface area contributed by atoms with E-state index in [-0.39, 0.29) is 42.9 Å². The van der Waals surface area contributed by atoms with Gasteiger partial charge < -0.3 is 20.5 Å². The van der Waals surface area contributed by atoms with E-state index < -0.39 is 0 Å². The molecule has 1 aromatic carbocycles. The zero-order valence-electron chi connectivity index (χ0n) is 16.0. The van der Waals surface area contributed by atoms with E-state index in [1.807, 2.05) is 0 Å². The highest BCUT2D eigenvalue weighted by Crippen LogP contribution is 2.28. The van der Waals surface area contributed by atoms with Crippen LogP contribution in [-0.2, 0) is 4.74 Å². The number of carbonyl (C=O) groups is 1. The Hall–Kier alpha value is -0.920. The van der Waals surface area contributed by atoms with Crippen LogP contribution in [0.2, 0.25) is 5.02 Å². The van der Waals surface area contributed by atoms with Gasteiger partial charge in [-0.3, -0.25) is 9.69 Å². The Kier molecular flexibility index (Phi) is 12.1. The summed E-state index contributed by atoms with van der Waals surface area (Å²) in [4.78, 5) is 14.7. The van der Waals surface area contributed by atoms with Crippen molar-refractivity contribution >= 4 is 48.0 Å². The molecule has 2 unspecified atom stereocenters. The standard InChI is InChI=1S/C18H28ClN3O3.2ClH/c1-12-10-22(11-13(2)25-12)7-5-4-6-21-18(23)14-8-15(19)16(20)9-17(14)24-3;;/h8-9,12-13H,4-7,10-11,20H2,1-3H3,(H,21,23);2*1H. The number of morpholine rings is 1. The van der Waals surface area contributed by atoms with Crippen molar-refractivity contribution in [3.63, 3.8) is 0 Å². The maximum absolute atomic E-state index is 12.3. The first-order valence-corrected chi connectivity index (χ1v) is 9.07. The summed E-state index contributed by atoms with van der Waals surface area (Å²) in [5.74, 6) is 0.225. The summed E-state index contributed by atoms with van der Waals surface area (Å²) in [5.41, 5.74) is 6.53. The van der Waals surface area contributed by atoms with Crippen molar-refractivity contribution in [3.05, 3.63) is 22.7 Å². The van der Waals surface area contributed by atoms with Gasteiger partial charge in [0.15, 0.2) is 0 Å². The molecule has 2 atom stereocenters. The fourth-order valence-electron chi connectivity index (χ4n) is 3.14. The van der Waals surface area contributed by atoms with Crippen LogP contribution in [0.3, 0.4) is 0 Å². The highest BCUT2D eigenvalue weighted by atomic mass is 35.5. The molecule has 0 saturated carbocycles. The molecule has 1 amide bonds. The second-order valence-corrected chi connectivity index (χ2v) is 6.96. The fourth-order valence-corrected chi connectivity index (χ4v) is 3.30. The van der Waals surface area contributed by atoms with E-state index in [4.69, 9.17) is 26.8 Å². The van der Waals surface area contributed by atoms with Crippen LogP contribution in [0.5, 0.6) is 5.75 Å². The number of hydrogen-bond acceptors (Lipinski definition) is 5. The lowest BCUT2D eigenvalue weighted by molar-refractivity contribution is -0.0681. The molecule has 1 aliphatic rings. The van der Waals surface area contributed by atoms with Gasteiger partial charge in [0, 0.05) is 25.7 Å². The largest absolute Gasteiger partial charge is 0.496 e. The highest BCUT2D eigenvalue weighted by Gasteiger charge is 2.21. The van der Waals surface area contributed by atoms with Gasteiger partial charge in [0.2, 0.25) is 0 Å². The van der Waals surface area contributed by atoms with Crippen LogP contribution < -0.4 is 15.8 Å². The second kappa shape index (κ2) is 12.5. The van der Waals surface area contributed by atoms with E-state index in [9.17, 15) is 4.79 Å². The predicted octanol–water partition coefficient (Wildman–Crippen LogP) is 3.39. The molecule has 0 aromatic heterocycles. The first-order valence-electron chi connectivity index (χ1n) is 8.69. The molecular weight excluding hydrogens is 413 g/mol. The van der Waals surface area contributed by atoms with Crippen molar-refractivity contribution in [1.29, 1.82) is 0 Å². The first kappa shape index (κ1) is 26.1. The van der Waals surface area contributed by atoms with Gasteiger partial charge in [-0.25, -0.2) is 0 Å². The van der Waals surface area contributed by atoms with E-state index in [0.29, 0.717) is 28.6 Å². The number of ether oxygens (including phenoxy) is 2. The van der Waals surface area contributed by atoms with Crippen molar-refractivity contribution in [2.75, 3.05) is 39.0 Å². The zero-order valence-corrected chi connectivity index (χ0v) is 18.4. The third-order valence-corrected chi connectivity index (χ3v) is 4.57. The lowest BCUT2D eigenvalue weighted by atomic mass is 10.1. The SMILES string of the molecule is COc1cc(N)c(Cl)cc1C(=O)NCCCCN1CC(C)OC(C)C1.Cl.Cl. The van der Waals surface area contributed by atoms with Crippen molar-refractivity contribution in [2.24, 2.45) is 0 Å². The van der Waals surface area contributed by atoms with E-state index in [1.165, 1.54) is 7.11 Å². The monoisotopic (exact) mass is 441 g/mol. The number of methoxy groups -OCH3 is 1. The molecule has 0 spiro atoms. The number of rotatable bonds is 7. The van der Waals surface area contributed by atoms with Crippen LogP contribution in [0.15, 0.2) is 12.1 Å². The summed E-state index contributed by atoms with van der Waals surface area (Å²) in [6, 6.07) is 3.11. The predicted molar refractivity (Wildman–Crippen MR) is 115 cm³/mol. The van der Waals surface area contributed by atoms with Gasteiger partial charge in [-0.1, -0.05) is 11.6 Å². The Morgan fingerprint density at radius 1 is 1.30 bits per heavy atom. The molecule has 2 rings (SSSR count). The minimum Gasteiger partial charge on any atom is -0.496 e. The third kappa shape index (κ3) is 7.92. The van der Waals surface area contributed by atoms with Crippen molar-refractivity contribution in [3.8, 4) is 5.75 Å². The Bertz CT molecular complexity index is 595. The number of unbranched alkanes of at least 4 members (excludes halogenated alkanes) is 1. The molecule has 0 bridgehead atoms. The maximum Gasteiger partial charge on any atom is 0.255 e. The Balaban J connectivity index is 0.00000338. The van der Waals surface area contributed by atoms with Gasteiger partial charge in [-0.2, -0.15) is 0 Å². The van der Waals surface area contributed by atoms with Crippen molar-refractivity contribution < 1.29 is 14.3 Å². The minimum atomic E-state index is -0.202. The quantitative estimate of drug-likeness (QED) is 0.500. The molecule has 156 valence electrons. The van der Waals surface area contributed by atoms with Crippen LogP contribution in [0.4, 0.5) is 5.69 Å². The lowest BCUT2D eigenvalue weighted by Crippen LogP contribution is -2.45. The van der Waals surface area contributed by atoms with Crippen LogP contribution in [0, 0.1) is 0 Å². The van der Waals surface area contributed by atoms with Crippen LogP contribution >= 0.6 is 36.4 Å². The fraction of sp³-hybridized carbons (Fsp3) is 0.611. The molecule has 3 N–H and O–H groups in total. The van der Waals surface area contributed by atoms with Crippen LogP contribution in [0.1, 0.15) is 37.0 Å². The minimum absolute atomic E-state index is 0. The van der Waals surface area contributed by atoms with Crippen molar-refractivity contribution in [2.45, 2.75) is 38.9 Å². The van der Waals surface area contributed by atoms with Gasteiger partial charge in [0.25, 0.3) is 5.91 Å². The Morgan fingerprint density at radius 2 is 1.93 bits per heavy atom. The van der Waals surface area contributed by atoms with E-state index >= 15 is 0 Å². The molecule has 1 fully saturated rings. The number of nitrogens with one attached hydrogen (secondary N) is 1. The number of nitrogen functional groups attached to an aromatic ring is 1. The van der Waals surface area contributed by atoms with Crippen molar-refractivity contribution in [1.82, 2.24) is 10.2 Å². The number of nitrogens with zero attached hydrogens (tertiary/aromatic N) is 1. The van der Waals surface area contributed by atoms with Gasteiger partial charge in [0.05, 0.1) is 35.6 Å². The number of amides is 1. The van der Waals surface area contributed by atoms with Gasteiger partial charge >= 0.3 is 0 Å². The molecular formula is C18H30Cl3N3O3. The zero-order chi connectivity index (χ0) is 18.4.